The van der Waals surface area contributed by atoms with E-state index < -0.39 is 0 Å². The van der Waals surface area contributed by atoms with Gasteiger partial charge < -0.3 is 9.47 Å². The summed E-state index contributed by atoms with van der Waals surface area (Å²) in [6.07, 6.45) is 0. The maximum Gasteiger partial charge on any atom is 0.346 e. The van der Waals surface area contributed by atoms with Gasteiger partial charge in [-0.15, -0.1) is 0 Å². The van der Waals surface area contributed by atoms with Crippen molar-refractivity contribution in [3.05, 3.63) is 33.3 Å². The minimum Gasteiger partial charge on any atom is -0.495 e. The van der Waals surface area contributed by atoms with Gasteiger partial charge in [0.15, 0.2) is 0 Å². The molecule has 0 bridgehead atoms. The van der Waals surface area contributed by atoms with Crippen molar-refractivity contribution in [1.82, 2.24) is 0 Å². The van der Waals surface area contributed by atoms with E-state index >= 15 is 0 Å². The molecule has 3 nitrogen and oxygen atoms in total. The summed E-state index contributed by atoms with van der Waals surface area (Å²) in [6, 6.07) is 5.34. The number of hydrogen-bond donors (Lipinski definition) is 0. The van der Waals surface area contributed by atoms with E-state index in [4.69, 9.17) is 21.1 Å². The van der Waals surface area contributed by atoms with Gasteiger partial charge in [-0.3, -0.25) is 0 Å². The van der Waals surface area contributed by atoms with Crippen LogP contribution in [-0.4, -0.2) is 19.7 Å². The molecule has 0 fully saturated rings. The number of esters is 1. The highest BCUT2D eigenvalue weighted by atomic mass is 79.9. The molecule has 0 spiro atoms. The van der Waals surface area contributed by atoms with Crippen LogP contribution in [0.25, 0.3) is 5.57 Å². The first-order valence-electron chi connectivity index (χ1n) is 4.53. The van der Waals surface area contributed by atoms with Gasteiger partial charge in [0.25, 0.3) is 0 Å². The van der Waals surface area contributed by atoms with E-state index in [1.54, 1.807) is 19.2 Å². The second-order valence-electron chi connectivity index (χ2n) is 3.22. The first-order valence-corrected chi connectivity index (χ1v) is 5.70. The molecule has 0 saturated heterocycles. The highest BCUT2D eigenvalue weighted by molar-refractivity contribution is 9.12. The standard InChI is InChI=1S/C11H8BrClO3/c1-15-9-3-2-6(4-8(9)13)7-5-16-11(14)10(7)12/h2-4H,5H2,1H3. The van der Waals surface area contributed by atoms with Gasteiger partial charge >= 0.3 is 5.97 Å². The molecule has 0 saturated carbocycles. The molecule has 0 aliphatic carbocycles. The van der Waals surface area contributed by atoms with Crippen molar-refractivity contribution in [2.24, 2.45) is 0 Å². The lowest BCUT2D eigenvalue weighted by molar-refractivity contribution is -0.135. The minimum absolute atomic E-state index is 0.266. The molecule has 5 heteroatoms. The van der Waals surface area contributed by atoms with E-state index in [2.05, 4.69) is 15.9 Å². The molecule has 0 aromatic heterocycles. The van der Waals surface area contributed by atoms with Crippen molar-refractivity contribution in [2.45, 2.75) is 0 Å². The van der Waals surface area contributed by atoms with Gasteiger partial charge in [0.05, 0.1) is 12.1 Å². The maximum atomic E-state index is 11.2. The van der Waals surface area contributed by atoms with Gasteiger partial charge in [0.2, 0.25) is 0 Å². The fourth-order valence-corrected chi connectivity index (χ4v) is 2.17. The van der Waals surface area contributed by atoms with Gasteiger partial charge in [-0.1, -0.05) is 17.7 Å². The molecule has 0 amide bonds. The predicted molar refractivity (Wildman–Crippen MR) is 64.8 cm³/mol. The number of methoxy groups -OCH3 is 1. The van der Waals surface area contributed by atoms with Crippen molar-refractivity contribution >= 4 is 39.1 Å². The lowest BCUT2D eigenvalue weighted by Gasteiger charge is -2.06. The van der Waals surface area contributed by atoms with Crippen molar-refractivity contribution in [2.75, 3.05) is 13.7 Å². The topological polar surface area (TPSA) is 35.5 Å². The third-order valence-electron chi connectivity index (χ3n) is 2.29. The van der Waals surface area contributed by atoms with Crippen LogP contribution in [0.4, 0.5) is 0 Å². The van der Waals surface area contributed by atoms with Crippen molar-refractivity contribution in [1.29, 1.82) is 0 Å². The van der Waals surface area contributed by atoms with E-state index in [0.717, 1.165) is 11.1 Å². The van der Waals surface area contributed by atoms with Crippen molar-refractivity contribution in [3.8, 4) is 5.75 Å². The zero-order chi connectivity index (χ0) is 11.7. The number of cyclic esters (lactones) is 1. The Labute approximate surface area is 106 Å². The van der Waals surface area contributed by atoms with Gasteiger partial charge in [0, 0.05) is 5.57 Å². The fraction of sp³-hybridized carbons (Fsp3) is 0.182. The number of carbonyl (C=O) groups excluding carboxylic acids is 1. The molecule has 84 valence electrons. The molecular weight excluding hydrogens is 295 g/mol. The van der Waals surface area contributed by atoms with Gasteiger partial charge in [0.1, 0.15) is 16.8 Å². The van der Waals surface area contributed by atoms with Gasteiger partial charge in [-0.05, 0) is 33.6 Å². The molecular formula is C11H8BrClO3. The number of hydrogen-bond acceptors (Lipinski definition) is 3. The molecule has 1 aromatic carbocycles. The number of benzene rings is 1. The number of ether oxygens (including phenoxy) is 2. The van der Waals surface area contributed by atoms with E-state index in [9.17, 15) is 4.79 Å². The number of rotatable bonds is 2. The van der Waals surface area contributed by atoms with E-state index in [1.165, 1.54) is 0 Å². The second-order valence-corrected chi connectivity index (χ2v) is 4.42. The molecule has 0 unspecified atom stereocenters. The average molecular weight is 304 g/mol. The van der Waals surface area contributed by atoms with Crippen LogP contribution in [0, 0.1) is 0 Å². The Balaban J connectivity index is 2.43. The lowest BCUT2D eigenvalue weighted by Crippen LogP contribution is -1.93. The van der Waals surface area contributed by atoms with Crippen LogP contribution >= 0.6 is 27.5 Å². The summed E-state index contributed by atoms with van der Waals surface area (Å²) in [6.45, 7) is 0.266. The third-order valence-corrected chi connectivity index (χ3v) is 3.39. The minimum atomic E-state index is -0.345. The van der Waals surface area contributed by atoms with E-state index in [0.29, 0.717) is 15.3 Å². The van der Waals surface area contributed by atoms with Gasteiger partial charge in [-0.25, -0.2) is 4.79 Å². The largest absolute Gasteiger partial charge is 0.495 e. The van der Waals surface area contributed by atoms with Crippen LogP contribution in [0.15, 0.2) is 22.7 Å². The summed E-state index contributed by atoms with van der Waals surface area (Å²) >= 11 is 9.20. The molecule has 1 aromatic rings. The highest BCUT2D eigenvalue weighted by Gasteiger charge is 2.23. The monoisotopic (exact) mass is 302 g/mol. The quantitative estimate of drug-likeness (QED) is 0.788. The molecule has 0 N–H and O–H groups in total. The summed E-state index contributed by atoms with van der Waals surface area (Å²) in [5.41, 5.74) is 1.65. The zero-order valence-corrected chi connectivity index (χ0v) is 10.8. The average Bonchev–Trinajstić information content (AvgIpc) is 2.60. The lowest BCUT2D eigenvalue weighted by atomic mass is 10.1. The Bertz CT molecular complexity index is 482. The van der Waals surface area contributed by atoms with Crippen LogP contribution < -0.4 is 4.74 Å². The number of halogens is 2. The Kier molecular flexibility index (Phi) is 3.21. The Morgan fingerprint density at radius 1 is 1.50 bits per heavy atom. The Morgan fingerprint density at radius 2 is 2.25 bits per heavy atom. The third kappa shape index (κ3) is 1.95. The van der Waals surface area contributed by atoms with E-state index in [1.807, 2.05) is 6.07 Å². The zero-order valence-electron chi connectivity index (χ0n) is 8.42. The summed E-state index contributed by atoms with van der Waals surface area (Å²) in [5, 5.41) is 0.507. The first kappa shape index (κ1) is 11.5. The fourth-order valence-electron chi connectivity index (χ4n) is 1.45. The van der Waals surface area contributed by atoms with Crippen molar-refractivity contribution in [3.63, 3.8) is 0 Å². The Morgan fingerprint density at radius 3 is 2.75 bits per heavy atom. The molecule has 1 aliphatic rings. The first-order chi connectivity index (χ1) is 7.63. The normalized spacial score (nSPS) is 15.3. The van der Waals surface area contributed by atoms with Gasteiger partial charge in [-0.2, -0.15) is 0 Å². The van der Waals surface area contributed by atoms with Crippen LogP contribution in [0.2, 0.25) is 5.02 Å². The molecule has 1 heterocycles. The summed E-state index contributed by atoms with van der Waals surface area (Å²) in [7, 11) is 1.55. The molecule has 0 radical (unpaired) electrons. The summed E-state index contributed by atoms with van der Waals surface area (Å²) in [4.78, 5) is 11.2. The smallest absolute Gasteiger partial charge is 0.346 e. The second kappa shape index (κ2) is 4.47. The molecule has 1 aliphatic heterocycles. The number of carbonyl (C=O) groups is 1. The van der Waals surface area contributed by atoms with Crippen LogP contribution in [0.3, 0.4) is 0 Å². The van der Waals surface area contributed by atoms with Crippen molar-refractivity contribution < 1.29 is 14.3 Å². The predicted octanol–water partition coefficient (Wildman–Crippen LogP) is 3.01. The Hall–Kier alpha value is -1.00. The summed E-state index contributed by atoms with van der Waals surface area (Å²) in [5.74, 6) is 0.259. The van der Waals surface area contributed by atoms with Crippen LogP contribution in [0.1, 0.15) is 5.56 Å². The highest BCUT2D eigenvalue weighted by Crippen LogP contribution is 2.33. The molecule has 16 heavy (non-hydrogen) atoms. The SMILES string of the molecule is COc1ccc(C2=C(Br)C(=O)OC2)cc1Cl. The maximum absolute atomic E-state index is 11.2. The molecule has 0 atom stereocenters. The summed E-state index contributed by atoms with van der Waals surface area (Å²) < 4.78 is 10.4. The molecule has 2 rings (SSSR count). The van der Waals surface area contributed by atoms with E-state index in [-0.39, 0.29) is 12.6 Å². The van der Waals surface area contributed by atoms with Crippen LogP contribution in [-0.2, 0) is 9.53 Å². The van der Waals surface area contributed by atoms with Crippen LogP contribution in [0.5, 0.6) is 5.75 Å².